The third-order valence-corrected chi connectivity index (χ3v) is 6.49. The molecule has 0 bridgehead atoms. The molecule has 5 nitrogen and oxygen atoms in total. The lowest BCUT2D eigenvalue weighted by molar-refractivity contribution is -0.116. The van der Waals surface area contributed by atoms with Crippen molar-refractivity contribution in [3.8, 4) is 0 Å². The highest BCUT2D eigenvalue weighted by Gasteiger charge is 2.37. The van der Waals surface area contributed by atoms with Crippen molar-refractivity contribution < 1.29 is 4.79 Å². The Labute approximate surface area is 175 Å². The first-order chi connectivity index (χ1) is 13.9. The van der Waals surface area contributed by atoms with Crippen LogP contribution >= 0.6 is 11.8 Å². The number of nitrogens with one attached hydrogen (secondary N) is 2. The van der Waals surface area contributed by atoms with Crippen molar-refractivity contribution in [1.29, 1.82) is 0 Å². The van der Waals surface area contributed by atoms with Gasteiger partial charge in [-0.2, -0.15) is 0 Å². The van der Waals surface area contributed by atoms with E-state index in [0.717, 1.165) is 47.4 Å². The highest BCUT2D eigenvalue weighted by atomic mass is 32.2. The van der Waals surface area contributed by atoms with Crippen LogP contribution in [0.2, 0.25) is 0 Å². The summed E-state index contributed by atoms with van der Waals surface area (Å²) in [6.45, 7) is 6.41. The van der Waals surface area contributed by atoms with Gasteiger partial charge in [0.1, 0.15) is 5.82 Å². The van der Waals surface area contributed by atoms with Crippen LogP contribution in [0.4, 0.5) is 5.82 Å². The third-order valence-electron chi connectivity index (χ3n) is 5.58. The average molecular weight is 410 g/mol. The summed E-state index contributed by atoms with van der Waals surface area (Å²) in [6, 6.07) is 8.10. The lowest BCUT2D eigenvalue weighted by Crippen LogP contribution is -2.32. The molecular weight excluding hydrogens is 382 g/mol. The molecule has 4 rings (SSSR count). The van der Waals surface area contributed by atoms with Gasteiger partial charge in [0.15, 0.2) is 10.9 Å². The van der Waals surface area contributed by atoms with Gasteiger partial charge in [-0.25, -0.2) is 4.98 Å². The molecule has 0 saturated carbocycles. The Morgan fingerprint density at radius 1 is 1.17 bits per heavy atom. The number of fused-ring (bicyclic) bond motifs is 1. The number of carbonyl (C=O) groups is 1. The fourth-order valence-corrected chi connectivity index (χ4v) is 5.10. The normalized spacial score (nSPS) is 18.5. The summed E-state index contributed by atoms with van der Waals surface area (Å²) in [7, 11) is 0. The standard InChI is InChI=1S/C23H27N3O2S/c1-13(2)11-12-29-23-25-21-20(22(28)26-23)18(15-9-7-14(3)8-10-15)19-16(24-21)5-4-6-17(19)27/h7-10,13,18H,4-6,11-12H2,1-3H3,(H2,24,25,26,28). The molecule has 0 spiro atoms. The smallest absolute Gasteiger partial charge is 0.257 e. The second-order valence-corrected chi connectivity index (χ2v) is 9.39. The molecule has 0 fully saturated rings. The summed E-state index contributed by atoms with van der Waals surface area (Å²) in [5.74, 6) is 1.88. The molecule has 1 atom stereocenters. The van der Waals surface area contributed by atoms with E-state index >= 15 is 0 Å². The van der Waals surface area contributed by atoms with Crippen LogP contribution in [0.3, 0.4) is 0 Å². The molecule has 2 aliphatic rings. The summed E-state index contributed by atoms with van der Waals surface area (Å²) in [4.78, 5) is 33.7. The molecule has 152 valence electrons. The van der Waals surface area contributed by atoms with Gasteiger partial charge in [-0.05, 0) is 37.7 Å². The number of aromatic amines is 1. The van der Waals surface area contributed by atoms with Gasteiger partial charge in [-0.1, -0.05) is 55.4 Å². The molecule has 0 amide bonds. The number of nitrogens with zero attached hydrogens (tertiary/aromatic N) is 1. The Kier molecular flexibility index (Phi) is 5.63. The van der Waals surface area contributed by atoms with Crippen molar-refractivity contribution in [3.63, 3.8) is 0 Å². The van der Waals surface area contributed by atoms with Gasteiger partial charge in [-0.15, -0.1) is 0 Å². The molecule has 1 aromatic heterocycles. The van der Waals surface area contributed by atoms with Crippen LogP contribution in [0.15, 0.2) is 45.5 Å². The number of hydrogen-bond acceptors (Lipinski definition) is 5. The van der Waals surface area contributed by atoms with Crippen molar-refractivity contribution >= 4 is 23.4 Å². The Morgan fingerprint density at radius 3 is 2.66 bits per heavy atom. The van der Waals surface area contributed by atoms with Crippen molar-refractivity contribution in [2.75, 3.05) is 11.1 Å². The van der Waals surface area contributed by atoms with Crippen molar-refractivity contribution in [1.82, 2.24) is 9.97 Å². The van der Waals surface area contributed by atoms with E-state index in [1.807, 2.05) is 31.2 Å². The molecule has 2 N–H and O–H groups in total. The van der Waals surface area contributed by atoms with E-state index in [1.54, 1.807) is 11.8 Å². The van der Waals surface area contributed by atoms with E-state index in [0.29, 0.717) is 28.9 Å². The number of aryl methyl sites for hydroxylation is 1. The number of ketones is 1. The van der Waals surface area contributed by atoms with Crippen LogP contribution in [0.25, 0.3) is 0 Å². The summed E-state index contributed by atoms with van der Waals surface area (Å²) < 4.78 is 0. The number of aromatic nitrogens is 2. The minimum atomic E-state index is -0.361. The SMILES string of the molecule is Cc1ccc(C2C3=C(CCCC3=O)Nc3nc(SCCC(C)C)[nH]c(=O)c32)cc1. The monoisotopic (exact) mass is 409 g/mol. The third kappa shape index (κ3) is 4.04. The number of thioether (sulfide) groups is 1. The number of benzene rings is 1. The molecule has 29 heavy (non-hydrogen) atoms. The zero-order valence-electron chi connectivity index (χ0n) is 17.2. The number of carbonyl (C=O) groups excluding carboxylic acids is 1. The Morgan fingerprint density at radius 2 is 1.93 bits per heavy atom. The number of rotatable bonds is 5. The second-order valence-electron chi connectivity index (χ2n) is 8.30. The van der Waals surface area contributed by atoms with Crippen molar-refractivity contribution in [3.05, 3.63) is 62.6 Å². The maximum Gasteiger partial charge on any atom is 0.257 e. The summed E-state index contributed by atoms with van der Waals surface area (Å²) in [6.07, 6.45) is 3.24. The molecule has 2 heterocycles. The predicted molar refractivity (Wildman–Crippen MR) is 118 cm³/mol. The molecule has 1 aromatic carbocycles. The number of allylic oxidation sites excluding steroid dienone is 2. The van der Waals surface area contributed by atoms with Gasteiger partial charge < -0.3 is 10.3 Å². The van der Waals surface area contributed by atoms with Gasteiger partial charge in [0.25, 0.3) is 5.56 Å². The van der Waals surface area contributed by atoms with Crippen LogP contribution < -0.4 is 10.9 Å². The van der Waals surface area contributed by atoms with Gasteiger partial charge in [0.05, 0.1) is 5.56 Å². The molecule has 1 aliphatic heterocycles. The zero-order valence-corrected chi connectivity index (χ0v) is 18.0. The highest BCUT2D eigenvalue weighted by molar-refractivity contribution is 7.99. The molecular formula is C23H27N3O2S. The van der Waals surface area contributed by atoms with Gasteiger partial charge >= 0.3 is 0 Å². The van der Waals surface area contributed by atoms with Gasteiger partial charge in [0.2, 0.25) is 0 Å². The summed E-state index contributed by atoms with van der Waals surface area (Å²) in [5.41, 5.74) is 4.17. The summed E-state index contributed by atoms with van der Waals surface area (Å²) >= 11 is 1.57. The fraction of sp³-hybridized carbons (Fsp3) is 0.435. The van der Waals surface area contributed by atoms with Crippen LogP contribution in [-0.2, 0) is 4.79 Å². The Hall–Kier alpha value is -2.34. The van der Waals surface area contributed by atoms with E-state index < -0.39 is 0 Å². The first kappa shape index (κ1) is 20.0. The van der Waals surface area contributed by atoms with Crippen LogP contribution in [0.5, 0.6) is 0 Å². The fourth-order valence-electron chi connectivity index (χ4n) is 3.99. The lowest BCUT2D eigenvalue weighted by Gasteiger charge is -2.32. The van der Waals surface area contributed by atoms with Crippen LogP contribution in [-0.4, -0.2) is 21.5 Å². The molecule has 2 aromatic rings. The second kappa shape index (κ2) is 8.19. The first-order valence-electron chi connectivity index (χ1n) is 10.3. The molecule has 1 unspecified atom stereocenters. The number of anilines is 1. The molecule has 6 heteroatoms. The lowest BCUT2D eigenvalue weighted by atomic mass is 9.76. The van der Waals surface area contributed by atoms with Crippen molar-refractivity contribution in [2.24, 2.45) is 5.92 Å². The van der Waals surface area contributed by atoms with Gasteiger partial charge in [0, 0.05) is 29.4 Å². The van der Waals surface area contributed by atoms with Crippen molar-refractivity contribution in [2.45, 2.75) is 57.5 Å². The van der Waals surface area contributed by atoms with E-state index in [1.165, 1.54) is 0 Å². The van der Waals surface area contributed by atoms with E-state index in [4.69, 9.17) is 4.98 Å². The van der Waals surface area contributed by atoms with E-state index in [-0.39, 0.29) is 17.3 Å². The minimum absolute atomic E-state index is 0.129. The maximum absolute atomic E-state index is 13.1. The quantitative estimate of drug-likeness (QED) is 0.549. The Balaban J connectivity index is 1.79. The molecule has 0 saturated heterocycles. The largest absolute Gasteiger partial charge is 0.343 e. The average Bonchev–Trinajstić information content (AvgIpc) is 2.67. The van der Waals surface area contributed by atoms with Gasteiger partial charge in [-0.3, -0.25) is 9.59 Å². The topological polar surface area (TPSA) is 74.8 Å². The van der Waals surface area contributed by atoms with E-state index in [2.05, 4.69) is 24.1 Å². The molecule has 0 radical (unpaired) electrons. The van der Waals surface area contributed by atoms with Crippen LogP contribution in [0, 0.1) is 12.8 Å². The number of H-pyrrole nitrogens is 1. The summed E-state index contributed by atoms with van der Waals surface area (Å²) in [5, 5.41) is 3.97. The minimum Gasteiger partial charge on any atom is -0.343 e. The zero-order chi connectivity index (χ0) is 20.5. The van der Waals surface area contributed by atoms with Crippen LogP contribution in [0.1, 0.15) is 62.1 Å². The highest BCUT2D eigenvalue weighted by Crippen LogP contribution is 2.43. The maximum atomic E-state index is 13.1. The molecule has 1 aliphatic carbocycles. The number of Topliss-reactive ketones (excluding diaryl/α,β-unsaturated/α-hetero) is 1. The Bertz CT molecular complexity index is 1020. The number of hydrogen-bond donors (Lipinski definition) is 2. The predicted octanol–water partition coefficient (Wildman–Crippen LogP) is 4.78. The van der Waals surface area contributed by atoms with E-state index in [9.17, 15) is 9.59 Å². The first-order valence-corrected chi connectivity index (χ1v) is 11.3.